The molecule has 3 rings (SSSR count). The summed E-state index contributed by atoms with van der Waals surface area (Å²) in [7, 11) is 0. The number of ether oxygens (including phenoxy) is 1. The second kappa shape index (κ2) is 7.93. The first kappa shape index (κ1) is 16.5. The summed E-state index contributed by atoms with van der Waals surface area (Å²) in [6.07, 6.45) is 3.96. The molecular weight excluding hydrogens is 312 g/mol. The van der Waals surface area contributed by atoms with Gasteiger partial charge in [0.2, 0.25) is 0 Å². The average molecular weight is 335 g/mol. The molecular formula is C17H23ClN4O. The summed E-state index contributed by atoms with van der Waals surface area (Å²) in [5, 5.41) is 8.72. The van der Waals surface area contributed by atoms with Crippen molar-refractivity contribution in [1.29, 1.82) is 0 Å². The van der Waals surface area contributed by atoms with E-state index in [2.05, 4.69) is 28.4 Å². The average Bonchev–Trinajstić information content (AvgIpc) is 3.04. The van der Waals surface area contributed by atoms with Gasteiger partial charge in [0.15, 0.2) is 0 Å². The van der Waals surface area contributed by atoms with Crippen LogP contribution in [0.5, 0.6) is 0 Å². The first-order valence-electron chi connectivity index (χ1n) is 8.04. The topological polar surface area (TPSA) is 42.3 Å². The number of aromatic nitrogens is 2. The van der Waals surface area contributed by atoms with Crippen molar-refractivity contribution < 1.29 is 4.74 Å². The highest BCUT2D eigenvalue weighted by atomic mass is 35.5. The van der Waals surface area contributed by atoms with Crippen LogP contribution in [0.25, 0.3) is 5.69 Å². The Balaban J connectivity index is 1.49. The number of benzene rings is 1. The molecule has 124 valence electrons. The number of hydrogen-bond acceptors (Lipinski definition) is 4. The monoisotopic (exact) mass is 334 g/mol. The molecule has 1 saturated heterocycles. The van der Waals surface area contributed by atoms with Crippen LogP contribution in [0.15, 0.2) is 36.7 Å². The number of rotatable bonds is 6. The molecule has 0 bridgehead atoms. The fourth-order valence-corrected chi connectivity index (χ4v) is 2.84. The van der Waals surface area contributed by atoms with Gasteiger partial charge in [-0.15, -0.1) is 0 Å². The summed E-state index contributed by atoms with van der Waals surface area (Å²) < 4.78 is 7.26. The molecule has 1 aliphatic heterocycles. The van der Waals surface area contributed by atoms with Crippen LogP contribution in [-0.2, 0) is 11.3 Å². The molecule has 0 radical (unpaired) electrons. The van der Waals surface area contributed by atoms with Gasteiger partial charge in [-0.25, -0.2) is 4.68 Å². The van der Waals surface area contributed by atoms with Gasteiger partial charge in [0, 0.05) is 49.0 Å². The lowest BCUT2D eigenvalue weighted by atomic mass is 10.2. The first-order valence-corrected chi connectivity index (χ1v) is 8.41. The number of nitrogens with zero attached hydrogens (tertiary/aromatic N) is 3. The molecule has 5 nitrogen and oxygen atoms in total. The maximum Gasteiger partial charge on any atom is 0.0646 e. The summed E-state index contributed by atoms with van der Waals surface area (Å²) in [6.45, 7) is 7.84. The zero-order valence-corrected chi connectivity index (χ0v) is 14.2. The highest BCUT2D eigenvalue weighted by molar-refractivity contribution is 6.30. The molecule has 1 aliphatic rings. The Bertz CT molecular complexity index is 607. The van der Waals surface area contributed by atoms with E-state index < -0.39 is 0 Å². The van der Waals surface area contributed by atoms with Crippen molar-refractivity contribution in [1.82, 2.24) is 20.0 Å². The van der Waals surface area contributed by atoms with Gasteiger partial charge in [-0.05, 0) is 31.2 Å². The van der Waals surface area contributed by atoms with Crippen molar-refractivity contribution in [3.05, 3.63) is 47.2 Å². The lowest BCUT2D eigenvalue weighted by Crippen LogP contribution is -2.44. The molecule has 23 heavy (non-hydrogen) atoms. The summed E-state index contributed by atoms with van der Waals surface area (Å²) in [5.74, 6) is 0. The molecule has 2 aromatic rings. The van der Waals surface area contributed by atoms with Crippen LogP contribution in [-0.4, -0.2) is 53.6 Å². The van der Waals surface area contributed by atoms with Crippen molar-refractivity contribution >= 4 is 11.6 Å². The largest absolute Gasteiger partial charge is 0.379 e. The van der Waals surface area contributed by atoms with E-state index in [1.54, 1.807) is 0 Å². The summed E-state index contributed by atoms with van der Waals surface area (Å²) in [5.41, 5.74) is 2.19. The van der Waals surface area contributed by atoms with Gasteiger partial charge in [-0.3, -0.25) is 4.90 Å². The van der Waals surface area contributed by atoms with Crippen LogP contribution >= 0.6 is 11.6 Å². The Morgan fingerprint density at radius 1 is 1.26 bits per heavy atom. The minimum Gasteiger partial charge on any atom is -0.379 e. The van der Waals surface area contributed by atoms with E-state index in [4.69, 9.17) is 16.3 Å². The fraction of sp³-hybridized carbons (Fsp3) is 0.471. The van der Waals surface area contributed by atoms with Crippen molar-refractivity contribution in [2.45, 2.75) is 19.5 Å². The van der Waals surface area contributed by atoms with Gasteiger partial charge in [0.05, 0.1) is 25.1 Å². The summed E-state index contributed by atoms with van der Waals surface area (Å²) >= 11 is 5.92. The predicted molar refractivity (Wildman–Crippen MR) is 92.1 cm³/mol. The highest BCUT2D eigenvalue weighted by Gasteiger charge is 2.13. The Hall–Kier alpha value is -1.40. The summed E-state index contributed by atoms with van der Waals surface area (Å²) in [4.78, 5) is 2.44. The second-order valence-corrected chi connectivity index (χ2v) is 6.40. The predicted octanol–water partition coefficient (Wildman–Crippen LogP) is 2.34. The number of morpholine rings is 1. The van der Waals surface area contributed by atoms with E-state index >= 15 is 0 Å². The quantitative estimate of drug-likeness (QED) is 0.880. The third-order valence-electron chi connectivity index (χ3n) is 4.02. The molecule has 6 heteroatoms. The minimum absolute atomic E-state index is 0.437. The van der Waals surface area contributed by atoms with Gasteiger partial charge in [0.1, 0.15) is 0 Å². The van der Waals surface area contributed by atoms with E-state index in [0.29, 0.717) is 6.04 Å². The van der Waals surface area contributed by atoms with Crippen LogP contribution in [0.1, 0.15) is 12.5 Å². The lowest BCUT2D eigenvalue weighted by molar-refractivity contribution is 0.0343. The van der Waals surface area contributed by atoms with Crippen molar-refractivity contribution in [3.63, 3.8) is 0 Å². The Kier molecular flexibility index (Phi) is 5.67. The molecule has 2 heterocycles. The van der Waals surface area contributed by atoms with Crippen LogP contribution in [0.2, 0.25) is 5.02 Å². The van der Waals surface area contributed by atoms with Gasteiger partial charge in [-0.1, -0.05) is 11.6 Å². The third kappa shape index (κ3) is 4.78. The molecule has 1 fully saturated rings. The fourth-order valence-electron chi connectivity index (χ4n) is 2.71. The van der Waals surface area contributed by atoms with Crippen LogP contribution < -0.4 is 5.32 Å². The van der Waals surface area contributed by atoms with E-state index in [1.807, 2.05) is 35.1 Å². The molecule has 1 unspecified atom stereocenters. The molecule has 1 N–H and O–H groups in total. The van der Waals surface area contributed by atoms with Crippen LogP contribution in [0, 0.1) is 0 Å². The van der Waals surface area contributed by atoms with Gasteiger partial charge >= 0.3 is 0 Å². The Morgan fingerprint density at radius 2 is 2.00 bits per heavy atom. The SMILES string of the molecule is CC(CN1CCOCC1)NCc1cnn(-c2ccc(Cl)cc2)c1. The zero-order valence-electron chi connectivity index (χ0n) is 13.4. The molecule has 0 spiro atoms. The van der Waals surface area contributed by atoms with Gasteiger partial charge in [0.25, 0.3) is 0 Å². The van der Waals surface area contributed by atoms with Crippen molar-refractivity contribution in [3.8, 4) is 5.69 Å². The van der Waals surface area contributed by atoms with Crippen molar-refractivity contribution in [2.75, 3.05) is 32.8 Å². The van der Waals surface area contributed by atoms with Gasteiger partial charge < -0.3 is 10.1 Å². The standard InChI is InChI=1S/C17H23ClN4O/c1-14(12-21-6-8-23-9-7-21)19-10-15-11-20-22(13-15)17-4-2-16(18)3-5-17/h2-5,11,13-14,19H,6-10,12H2,1H3. The number of halogens is 1. The van der Waals surface area contributed by atoms with E-state index in [-0.39, 0.29) is 0 Å². The van der Waals surface area contributed by atoms with Crippen molar-refractivity contribution in [2.24, 2.45) is 0 Å². The smallest absolute Gasteiger partial charge is 0.0646 e. The maximum atomic E-state index is 5.92. The first-order chi connectivity index (χ1) is 11.2. The lowest BCUT2D eigenvalue weighted by Gasteiger charge is -2.29. The van der Waals surface area contributed by atoms with Crippen LogP contribution in [0.3, 0.4) is 0 Å². The molecule has 0 aliphatic carbocycles. The van der Waals surface area contributed by atoms with E-state index in [0.717, 1.165) is 50.1 Å². The second-order valence-electron chi connectivity index (χ2n) is 5.96. The molecule has 0 amide bonds. The number of nitrogens with one attached hydrogen (secondary N) is 1. The zero-order chi connectivity index (χ0) is 16.1. The van der Waals surface area contributed by atoms with E-state index in [9.17, 15) is 0 Å². The molecule has 1 atom stereocenters. The van der Waals surface area contributed by atoms with Gasteiger partial charge in [-0.2, -0.15) is 5.10 Å². The summed E-state index contributed by atoms with van der Waals surface area (Å²) in [6, 6.07) is 8.12. The molecule has 0 saturated carbocycles. The normalized spacial score (nSPS) is 17.3. The third-order valence-corrected chi connectivity index (χ3v) is 4.27. The van der Waals surface area contributed by atoms with Crippen LogP contribution in [0.4, 0.5) is 0 Å². The maximum absolute atomic E-state index is 5.92. The number of hydrogen-bond donors (Lipinski definition) is 1. The Morgan fingerprint density at radius 3 is 2.74 bits per heavy atom. The van der Waals surface area contributed by atoms with E-state index in [1.165, 1.54) is 5.56 Å². The minimum atomic E-state index is 0.437. The Labute approximate surface area is 142 Å². The molecule has 1 aromatic heterocycles. The molecule has 1 aromatic carbocycles. The highest BCUT2D eigenvalue weighted by Crippen LogP contribution is 2.13.